The van der Waals surface area contributed by atoms with Crippen LogP contribution in [0.15, 0.2) is 242 Å². The summed E-state index contributed by atoms with van der Waals surface area (Å²) in [6, 6.07) is 79.9. The van der Waals surface area contributed by atoms with Crippen LogP contribution in [0.3, 0.4) is 0 Å². The van der Waals surface area contributed by atoms with Crippen molar-refractivity contribution < 1.29 is 0 Å². The number of hydrogen-bond donors (Lipinski definition) is 0. The number of benzene rings is 9. The molecule has 9 aromatic rings. The fraction of sp³-hybridized carbons (Fsp3) is 0.121. The minimum Gasteiger partial charge on any atom is -0.314 e. The molecule has 0 saturated carbocycles. The molecule has 0 fully saturated rings. The molecular formula is C66H60N4. The summed E-state index contributed by atoms with van der Waals surface area (Å²) in [6.07, 6.45) is 6.58. The van der Waals surface area contributed by atoms with Crippen LogP contribution in [-0.4, -0.2) is 0 Å². The quantitative estimate of drug-likeness (QED) is 0.114. The van der Waals surface area contributed by atoms with Gasteiger partial charge >= 0.3 is 0 Å². The van der Waals surface area contributed by atoms with E-state index in [0.717, 1.165) is 75.4 Å². The first kappa shape index (κ1) is 45.4. The molecule has 0 radical (unpaired) electrons. The Hall–Kier alpha value is -8.34. The van der Waals surface area contributed by atoms with E-state index in [1.807, 2.05) is 0 Å². The van der Waals surface area contributed by atoms with E-state index in [1.165, 1.54) is 50.2 Å². The highest BCUT2D eigenvalue weighted by Crippen LogP contribution is 2.42. The number of aryl methyl sites for hydroxylation is 5. The van der Waals surface area contributed by atoms with Crippen LogP contribution in [0.5, 0.6) is 0 Å². The second-order valence-corrected chi connectivity index (χ2v) is 18.8. The number of hydrogen-bond acceptors (Lipinski definition) is 4. The largest absolute Gasteiger partial charge is 0.314 e. The molecule has 10 rings (SSSR count). The number of anilines is 11. The van der Waals surface area contributed by atoms with Crippen molar-refractivity contribution in [3.63, 3.8) is 0 Å². The zero-order valence-corrected chi connectivity index (χ0v) is 41.1. The van der Waals surface area contributed by atoms with Crippen LogP contribution >= 0.6 is 0 Å². The molecule has 9 aromatic carbocycles. The minimum absolute atomic E-state index is 0.976. The Morgan fingerprint density at radius 2 is 0.414 bits per heavy atom. The van der Waals surface area contributed by atoms with Crippen LogP contribution in [0.1, 0.15) is 47.6 Å². The van der Waals surface area contributed by atoms with Crippen molar-refractivity contribution in [1.82, 2.24) is 0 Å². The van der Waals surface area contributed by atoms with Crippen molar-refractivity contribution in [1.29, 1.82) is 0 Å². The van der Waals surface area contributed by atoms with Gasteiger partial charge in [-0.25, -0.2) is 0 Å². The molecule has 70 heavy (non-hydrogen) atoms. The lowest BCUT2D eigenvalue weighted by atomic mass is 10.0. The van der Waals surface area contributed by atoms with Crippen LogP contribution in [0.25, 0.3) is 11.1 Å². The molecule has 0 atom stereocenters. The summed E-state index contributed by atoms with van der Waals surface area (Å²) < 4.78 is 0. The fourth-order valence-corrected chi connectivity index (χ4v) is 9.32. The molecule has 4 nitrogen and oxygen atoms in total. The maximum Gasteiger partial charge on any atom is 0.0463 e. The molecule has 0 N–H and O–H groups in total. The van der Waals surface area contributed by atoms with E-state index in [0.29, 0.717) is 0 Å². The zero-order valence-electron chi connectivity index (χ0n) is 41.1. The van der Waals surface area contributed by atoms with Gasteiger partial charge in [0.1, 0.15) is 0 Å². The van der Waals surface area contributed by atoms with Gasteiger partial charge in [0.05, 0.1) is 0 Å². The van der Waals surface area contributed by atoms with Crippen molar-refractivity contribution >= 4 is 62.6 Å². The first-order valence-corrected chi connectivity index (χ1v) is 24.4. The summed E-state index contributed by atoms with van der Waals surface area (Å²) in [6.45, 7) is 12.9. The van der Waals surface area contributed by atoms with Crippen molar-refractivity contribution in [2.45, 2.75) is 54.4 Å². The molecule has 0 spiro atoms. The van der Waals surface area contributed by atoms with E-state index in [-0.39, 0.29) is 0 Å². The van der Waals surface area contributed by atoms with E-state index in [9.17, 15) is 0 Å². The highest BCUT2D eigenvalue weighted by Gasteiger charge is 2.20. The van der Waals surface area contributed by atoms with Crippen LogP contribution in [0, 0.1) is 34.6 Å². The third kappa shape index (κ3) is 9.95. The van der Waals surface area contributed by atoms with Crippen LogP contribution in [0.4, 0.5) is 62.6 Å². The van der Waals surface area contributed by atoms with E-state index in [2.05, 4.69) is 292 Å². The predicted molar refractivity (Wildman–Crippen MR) is 299 cm³/mol. The third-order valence-corrected chi connectivity index (χ3v) is 13.4. The Morgan fingerprint density at radius 1 is 0.214 bits per heavy atom. The highest BCUT2D eigenvalue weighted by atomic mass is 15.2. The molecule has 1 aliphatic carbocycles. The van der Waals surface area contributed by atoms with E-state index < -0.39 is 0 Å². The lowest BCUT2D eigenvalue weighted by Gasteiger charge is -2.31. The van der Waals surface area contributed by atoms with Crippen molar-refractivity contribution in [2.24, 2.45) is 0 Å². The van der Waals surface area contributed by atoms with Crippen LogP contribution in [-0.2, 0) is 0 Å². The number of nitrogens with zero attached hydrogens (tertiary/aromatic N) is 4. The zero-order chi connectivity index (χ0) is 48.1. The average molecular weight is 909 g/mol. The molecule has 0 aromatic heterocycles. The molecule has 4 heteroatoms. The topological polar surface area (TPSA) is 13.0 Å². The SMILES string of the molecule is CC1=CC=C(N(c2ccc(-c3ccc(N(c4ccc(C)cc4)c4ccc(N(c5ccc(C)cc5)c5ccc(C)cc5)cc4)cc3)cc2)c2ccc(N(c3ccc(C)cc3)c3ccc(C)cc3)cc2)CC1. The molecule has 344 valence electrons. The third-order valence-electron chi connectivity index (χ3n) is 13.4. The van der Waals surface area contributed by atoms with Gasteiger partial charge in [0.2, 0.25) is 0 Å². The minimum atomic E-state index is 0.976. The molecule has 0 unspecified atom stereocenters. The molecule has 0 aliphatic heterocycles. The number of allylic oxidation sites excluding steroid dienone is 4. The summed E-state index contributed by atoms with van der Waals surface area (Å²) >= 11 is 0. The first-order chi connectivity index (χ1) is 34.1. The lowest BCUT2D eigenvalue weighted by molar-refractivity contribution is 0.875. The maximum absolute atomic E-state index is 2.42. The van der Waals surface area contributed by atoms with Gasteiger partial charge in [0.25, 0.3) is 0 Å². The smallest absolute Gasteiger partial charge is 0.0463 e. The first-order valence-electron chi connectivity index (χ1n) is 24.4. The Morgan fingerprint density at radius 3 is 0.629 bits per heavy atom. The molecule has 0 saturated heterocycles. The normalized spacial score (nSPS) is 12.2. The molecule has 0 amide bonds. The van der Waals surface area contributed by atoms with Gasteiger partial charge in [-0.2, -0.15) is 0 Å². The number of rotatable bonds is 13. The van der Waals surface area contributed by atoms with Gasteiger partial charge in [-0.05, 0) is 205 Å². The second kappa shape index (κ2) is 20.1. The van der Waals surface area contributed by atoms with Gasteiger partial charge in [0.15, 0.2) is 0 Å². The van der Waals surface area contributed by atoms with E-state index in [4.69, 9.17) is 0 Å². The van der Waals surface area contributed by atoms with Crippen LogP contribution in [0.2, 0.25) is 0 Å². The predicted octanol–water partition coefficient (Wildman–Crippen LogP) is 19.1. The molecule has 0 heterocycles. The Bertz CT molecular complexity index is 3150. The summed E-state index contributed by atoms with van der Waals surface area (Å²) in [5, 5.41) is 0. The Balaban J connectivity index is 0.942. The van der Waals surface area contributed by atoms with Crippen molar-refractivity contribution in [3.8, 4) is 11.1 Å². The van der Waals surface area contributed by atoms with E-state index >= 15 is 0 Å². The Kier molecular flexibility index (Phi) is 13.0. The summed E-state index contributed by atoms with van der Waals surface area (Å²) in [5.41, 5.74) is 23.5. The lowest BCUT2D eigenvalue weighted by Crippen LogP contribution is -2.18. The second-order valence-electron chi connectivity index (χ2n) is 18.8. The highest BCUT2D eigenvalue weighted by molar-refractivity contribution is 5.83. The summed E-state index contributed by atoms with van der Waals surface area (Å²) in [5.74, 6) is 0. The Labute approximate surface area is 415 Å². The average Bonchev–Trinajstić information content (AvgIpc) is 3.39. The molecule has 0 bridgehead atoms. The maximum atomic E-state index is 2.42. The monoisotopic (exact) mass is 908 g/mol. The molecular weight excluding hydrogens is 849 g/mol. The van der Waals surface area contributed by atoms with Gasteiger partial charge < -0.3 is 19.6 Å². The van der Waals surface area contributed by atoms with Gasteiger partial charge in [-0.3, -0.25) is 0 Å². The van der Waals surface area contributed by atoms with Crippen molar-refractivity contribution in [2.75, 3.05) is 19.6 Å². The van der Waals surface area contributed by atoms with Crippen LogP contribution < -0.4 is 19.6 Å². The van der Waals surface area contributed by atoms with E-state index in [1.54, 1.807) is 0 Å². The fourth-order valence-electron chi connectivity index (χ4n) is 9.32. The molecule has 1 aliphatic rings. The van der Waals surface area contributed by atoms with Crippen molar-refractivity contribution in [3.05, 3.63) is 270 Å². The van der Waals surface area contributed by atoms with Gasteiger partial charge in [-0.15, -0.1) is 0 Å². The van der Waals surface area contributed by atoms with Gasteiger partial charge in [-0.1, -0.05) is 124 Å². The standard InChI is InChI=1S/C66H60N4/c1-47-7-23-55(24-8-47)67(56-25-9-48(2)10-26-56)63-39-43-65(44-40-63)69(59-31-15-51(5)16-32-59)61-35-19-53(20-36-61)54-21-37-62(38-22-54)70(60-33-17-52(6)18-34-60)66-45-41-64(42-46-66)68(57-27-11-49(3)12-28-57)58-29-13-50(4)14-30-58/h7-17,19-33,35-46H,18,34H2,1-6H3. The van der Waals surface area contributed by atoms with Gasteiger partial charge in [0, 0.05) is 68.3 Å². The summed E-state index contributed by atoms with van der Waals surface area (Å²) in [7, 11) is 0. The summed E-state index contributed by atoms with van der Waals surface area (Å²) in [4.78, 5) is 9.43.